The van der Waals surface area contributed by atoms with E-state index in [9.17, 15) is 9.90 Å². The lowest BCUT2D eigenvalue weighted by atomic mass is 9.90. The number of carbonyl (C=O) groups excluding carboxylic acids is 1. The summed E-state index contributed by atoms with van der Waals surface area (Å²) in [5, 5.41) is 10.9. The Balaban J connectivity index is 1.43. The van der Waals surface area contributed by atoms with Crippen molar-refractivity contribution in [2.24, 2.45) is 0 Å². The minimum atomic E-state index is -0.728. The maximum absolute atomic E-state index is 12.9. The molecule has 1 atom stereocenters. The Bertz CT molecular complexity index is 624. The molecule has 0 radical (unpaired) electrons. The molecule has 2 saturated heterocycles. The molecule has 24 heavy (non-hydrogen) atoms. The summed E-state index contributed by atoms with van der Waals surface area (Å²) >= 11 is 0. The van der Waals surface area contributed by atoms with Gasteiger partial charge in [0, 0.05) is 18.7 Å². The highest BCUT2D eigenvalue weighted by molar-refractivity contribution is 5.94. The van der Waals surface area contributed by atoms with Crippen LogP contribution in [0.25, 0.3) is 0 Å². The topological polar surface area (TPSA) is 43.8 Å². The number of rotatable bonds is 3. The van der Waals surface area contributed by atoms with Gasteiger partial charge in [0.05, 0.1) is 12.1 Å². The van der Waals surface area contributed by atoms with Crippen molar-refractivity contribution in [3.63, 3.8) is 0 Å². The first-order chi connectivity index (χ1) is 11.6. The molecule has 0 bridgehead atoms. The summed E-state index contributed by atoms with van der Waals surface area (Å²) < 4.78 is 0. The van der Waals surface area contributed by atoms with Crippen molar-refractivity contribution < 1.29 is 9.90 Å². The quantitative estimate of drug-likeness (QED) is 0.925. The molecule has 1 aromatic rings. The molecule has 1 amide bonds. The second-order valence-electron chi connectivity index (χ2n) is 7.87. The van der Waals surface area contributed by atoms with Crippen molar-refractivity contribution in [3.05, 3.63) is 34.9 Å². The van der Waals surface area contributed by atoms with Gasteiger partial charge in [-0.05, 0) is 81.3 Å². The number of likely N-dealkylation sites (tertiary alicyclic amines) is 2. The van der Waals surface area contributed by atoms with Crippen LogP contribution in [0.15, 0.2) is 18.2 Å². The summed E-state index contributed by atoms with van der Waals surface area (Å²) in [6.07, 6.45) is 7.88. The number of amides is 1. The van der Waals surface area contributed by atoms with Crippen LogP contribution >= 0.6 is 0 Å². The third-order valence-corrected chi connectivity index (χ3v) is 5.93. The highest BCUT2D eigenvalue weighted by Gasteiger charge is 2.40. The normalized spacial score (nSPS) is 27.5. The van der Waals surface area contributed by atoms with Gasteiger partial charge in [0.25, 0.3) is 5.91 Å². The second kappa shape index (κ2) is 6.49. The van der Waals surface area contributed by atoms with Crippen molar-refractivity contribution in [1.82, 2.24) is 9.80 Å². The minimum Gasteiger partial charge on any atom is -0.387 e. The number of nitrogens with zero attached hydrogens (tertiary/aromatic N) is 2. The lowest BCUT2D eigenvalue weighted by Crippen LogP contribution is -2.45. The van der Waals surface area contributed by atoms with Gasteiger partial charge >= 0.3 is 0 Å². The van der Waals surface area contributed by atoms with Crippen molar-refractivity contribution in [3.8, 4) is 0 Å². The average Bonchev–Trinajstić information content (AvgIpc) is 3.24. The number of fused-ring (bicyclic) bond motifs is 1. The molecule has 0 saturated carbocycles. The van der Waals surface area contributed by atoms with Crippen molar-refractivity contribution in [2.75, 3.05) is 32.7 Å². The third kappa shape index (κ3) is 3.22. The monoisotopic (exact) mass is 328 g/mol. The van der Waals surface area contributed by atoms with E-state index in [0.717, 1.165) is 31.5 Å². The maximum Gasteiger partial charge on any atom is 0.253 e. The van der Waals surface area contributed by atoms with Crippen LogP contribution in [0.2, 0.25) is 0 Å². The van der Waals surface area contributed by atoms with Crippen molar-refractivity contribution in [1.29, 1.82) is 0 Å². The van der Waals surface area contributed by atoms with E-state index in [0.29, 0.717) is 26.1 Å². The van der Waals surface area contributed by atoms with Crippen molar-refractivity contribution in [2.45, 2.75) is 50.5 Å². The van der Waals surface area contributed by atoms with Gasteiger partial charge in [-0.25, -0.2) is 0 Å². The lowest BCUT2D eigenvalue weighted by Gasteiger charge is -2.28. The highest BCUT2D eigenvalue weighted by Crippen LogP contribution is 2.27. The molecule has 1 aliphatic carbocycles. The third-order valence-electron chi connectivity index (χ3n) is 5.93. The molecule has 130 valence electrons. The molecule has 0 aromatic heterocycles. The molecule has 4 nitrogen and oxygen atoms in total. The zero-order valence-electron chi connectivity index (χ0n) is 14.5. The fraction of sp³-hybridized carbons (Fsp3) is 0.650. The molecule has 1 N–H and O–H groups in total. The first-order valence-corrected chi connectivity index (χ1v) is 9.49. The summed E-state index contributed by atoms with van der Waals surface area (Å²) in [5.41, 5.74) is 2.82. The smallest absolute Gasteiger partial charge is 0.253 e. The summed E-state index contributed by atoms with van der Waals surface area (Å²) in [4.78, 5) is 17.0. The number of hydrogen-bond donors (Lipinski definition) is 1. The molecule has 3 aliphatic rings. The Hall–Kier alpha value is -1.39. The fourth-order valence-electron chi connectivity index (χ4n) is 4.56. The number of benzene rings is 1. The summed E-state index contributed by atoms with van der Waals surface area (Å²) in [7, 11) is 0. The Morgan fingerprint density at radius 2 is 1.79 bits per heavy atom. The van der Waals surface area contributed by atoms with Gasteiger partial charge in [-0.15, -0.1) is 0 Å². The molecule has 2 heterocycles. The number of β-amino-alcohol motifs (C(OH)–C–C–N with tert-alkyl or cyclic N) is 1. The predicted molar refractivity (Wildman–Crippen MR) is 94.2 cm³/mol. The predicted octanol–water partition coefficient (Wildman–Crippen LogP) is 2.24. The van der Waals surface area contributed by atoms with E-state index in [1.807, 2.05) is 11.0 Å². The van der Waals surface area contributed by atoms with Gasteiger partial charge in [-0.1, -0.05) is 6.07 Å². The van der Waals surface area contributed by atoms with Crippen LogP contribution in [-0.2, 0) is 12.8 Å². The maximum atomic E-state index is 12.9. The first-order valence-electron chi connectivity index (χ1n) is 9.49. The van der Waals surface area contributed by atoms with E-state index in [-0.39, 0.29) is 5.91 Å². The van der Waals surface area contributed by atoms with Crippen LogP contribution in [-0.4, -0.2) is 59.1 Å². The summed E-state index contributed by atoms with van der Waals surface area (Å²) in [6.45, 7) is 4.02. The number of aliphatic hydroxyl groups is 1. The Morgan fingerprint density at radius 3 is 2.58 bits per heavy atom. The van der Waals surface area contributed by atoms with Gasteiger partial charge in [-0.3, -0.25) is 4.79 Å². The summed E-state index contributed by atoms with van der Waals surface area (Å²) in [5.74, 6) is 0.0840. The molecule has 4 rings (SSSR count). The van der Waals surface area contributed by atoms with Gasteiger partial charge in [0.2, 0.25) is 0 Å². The van der Waals surface area contributed by atoms with Crippen molar-refractivity contribution >= 4 is 5.91 Å². The zero-order valence-corrected chi connectivity index (χ0v) is 14.5. The zero-order chi connectivity index (χ0) is 16.6. The van der Waals surface area contributed by atoms with Crippen LogP contribution in [0.5, 0.6) is 0 Å². The summed E-state index contributed by atoms with van der Waals surface area (Å²) in [6, 6.07) is 6.20. The van der Waals surface area contributed by atoms with Crippen LogP contribution in [0, 0.1) is 0 Å². The van der Waals surface area contributed by atoms with Crippen LogP contribution in [0.3, 0.4) is 0 Å². The van der Waals surface area contributed by atoms with Crippen LogP contribution < -0.4 is 0 Å². The molecule has 4 heteroatoms. The van der Waals surface area contributed by atoms with E-state index in [4.69, 9.17) is 0 Å². The Labute approximate surface area is 144 Å². The lowest BCUT2D eigenvalue weighted by molar-refractivity contribution is 0.0175. The first kappa shape index (κ1) is 16.1. The molecule has 2 aliphatic heterocycles. The molecule has 0 unspecified atom stereocenters. The van der Waals surface area contributed by atoms with E-state index in [2.05, 4.69) is 17.0 Å². The Morgan fingerprint density at radius 1 is 1.04 bits per heavy atom. The van der Waals surface area contributed by atoms with Gasteiger partial charge in [0.15, 0.2) is 0 Å². The highest BCUT2D eigenvalue weighted by atomic mass is 16.3. The standard InChI is InChI=1S/C20H28N2O2/c23-19(18-8-7-16-5-1-2-6-17(16)13-18)22-12-9-20(24,15-22)14-21-10-3-4-11-21/h7-8,13,24H,1-6,9-12,14-15H2/t20-/m0/s1. The minimum absolute atomic E-state index is 0.0840. The largest absolute Gasteiger partial charge is 0.387 e. The van der Waals surface area contributed by atoms with Gasteiger partial charge in [-0.2, -0.15) is 0 Å². The number of aryl methyl sites for hydroxylation is 2. The Kier molecular flexibility index (Phi) is 4.35. The van der Waals surface area contributed by atoms with E-state index in [1.165, 1.54) is 36.8 Å². The molecule has 2 fully saturated rings. The van der Waals surface area contributed by atoms with Gasteiger partial charge in [0.1, 0.15) is 0 Å². The fourth-order valence-corrected chi connectivity index (χ4v) is 4.56. The van der Waals surface area contributed by atoms with E-state index >= 15 is 0 Å². The van der Waals surface area contributed by atoms with E-state index in [1.54, 1.807) is 0 Å². The average molecular weight is 328 g/mol. The second-order valence-corrected chi connectivity index (χ2v) is 7.87. The van der Waals surface area contributed by atoms with Crippen LogP contribution in [0.1, 0.15) is 53.6 Å². The SMILES string of the molecule is O=C(c1ccc2c(c1)CCCC2)N1CC[C@](O)(CN2CCCC2)C1. The molecular weight excluding hydrogens is 300 g/mol. The molecular formula is C20H28N2O2. The van der Waals surface area contributed by atoms with Crippen LogP contribution in [0.4, 0.5) is 0 Å². The number of carbonyl (C=O) groups is 1. The van der Waals surface area contributed by atoms with E-state index < -0.39 is 5.60 Å². The van der Waals surface area contributed by atoms with Gasteiger partial charge < -0.3 is 14.9 Å². The number of hydrogen-bond acceptors (Lipinski definition) is 3. The molecule has 1 aromatic carbocycles. The molecule has 0 spiro atoms.